The van der Waals surface area contributed by atoms with Crippen molar-refractivity contribution in [3.05, 3.63) is 37.5 Å². The fourth-order valence-electron chi connectivity index (χ4n) is 2.34. The minimum Gasteiger partial charge on any atom is -0.481 e. The number of nitrogens with one attached hydrogen (secondary N) is 1. The molecule has 0 aliphatic heterocycles. The standard InChI is InChI=1S/C14H12Cl2N2O6/c1-2-24-14(21)12-6(3-4-9(19)20)10-11(16)8(18(22)23)5-7(15)13(10)17-12/h5,17H,2-4H2,1H3,(H,19,20). The number of nitrogens with zero attached hydrogens (tertiary/aromatic N) is 1. The Labute approximate surface area is 145 Å². The van der Waals surface area contributed by atoms with E-state index >= 15 is 0 Å². The molecule has 2 N–H and O–H groups in total. The minimum absolute atomic E-state index is 0.00627. The van der Waals surface area contributed by atoms with Gasteiger partial charge >= 0.3 is 11.9 Å². The van der Waals surface area contributed by atoms with Crippen LogP contribution in [0.2, 0.25) is 10.0 Å². The van der Waals surface area contributed by atoms with E-state index < -0.39 is 22.5 Å². The number of ether oxygens (including phenoxy) is 1. The summed E-state index contributed by atoms with van der Waals surface area (Å²) >= 11 is 12.1. The molecule has 0 aliphatic carbocycles. The second-order valence-electron chi connectivity index (χ2n) is 4.79. The molecule has 0 radical (unpaired) electrons. The first kappa shape index (κ1) is 18.0. The van der Waals surface area contributed by atoms with Crippen LogP contribution in [-0.4, -0.2) is 33.6 Å². The van der Waals surface area contributed by atoms with Gasteiger partial charge < -0.3 is 14.8 Å². The second-order valence-corrected chi connectivity index (χ2v) is 5.58. The van der Waals surface area contributed by atoms with Gasteiger partial charge in [0.25, 0.3) is 5.69 Å². The first-order chi connectivity index (χ1) is 11.3. The summed E-state index contributed by atoms with van der Waals surface area (Å²) in [5.41, 5.74) is -0.00490. The Morgan fingerprint density at radius 3 is 2.62 bits per heavy atom. The van der Waals surface area contributed by atoms with Crippen LogP contribution in [0, 0.1) is 10.1 Å². The number of aromatic nitrogens is 1. The van der Waals surface area contributed by atoms with Crippen LogP contribution in [0.4, 0.5) is 5.69 Å². The molecule has 1 aromatic carbocycles. The van der Waals surface area contributed by atoms with E-state index in [0.717, 1.165) is 6.07 Å². The number of aliphatic carboxylic acids is 1. The van der Waals surface area contributed by atoms with Crippen molar-refractivity contribution in [3.8, 4) is 0 Å². The number of aryl methyl sites for hydroxylation is 1. The van der Waals surface area contributed by atoms with E-state index in [1.54, 1.807) is 6.92 Å². The predicted molar refractivity (Wildman–Crippen MR) is 86.9 cm³/mol. The zero-order valence-electron chi connectivity index (χ0n) is 12.4. The molecule has 0 unspecified atom stereocenters. The molecular formula is C14H12Cl2N2O6. The molecule has 2 rings (SSSR count). The van der Waals surface area contributed by atoms with Gasteiger partial charge in [-0.25, -0.2) is 4.79 Å². The number of nitro benzene ring substituents is 1. The van der Waals surface area contributed by atoms with Gasteiger partial charge in [-0.2, -0.15) is 0 Å². The van der Waals surface area contributed by atoms with Gasteiger partial charge in [0.2, 0.25) is 0 Å². The Morgan fingerprint density at radius 1 is 1.42 bits per heavy atom. The fourth-order valence-corrected chi connectivity index (χ4v) is 2.91. The maximum Gasteiger partial charge on any atom is 0.355 e. The van der Waals surface area contributed by atoms with Gasteiger partial charge in [-0.3, -0.25) is 14.9 Å². The number of aromatic amines is 1. The molecule has 0 atom stereocenters. The summed E-state index contributed by atoms with van der Waals surface area (Å²) in [5.74, 6) is -1.81. The molecule has 0 amide bonds. The molecule has 8 nitrogen and oxygen atoms in total. The SMILES string of the molecule is CCOC(=O)c1[nH]c2c(Cl)cc([N+](=O)[O-])c(Cl)c2c1CCC(=O)O. The van der Waals surface area contributed by atoms with E-state index in [2.05, 4.69) is 4.98 Å². The zero-order chi connectivity index (χ0) is 18.0. The average molecular weight is 375 g/mol. The summed E-state index contributed by atoms with van der Waals surface area (Å²) in [6, 6.07) is 1.07. The van der Waals surface area contributed by atoms with Gasteiger partial charge in [-0.1, -0.05) is 23.2 Å². The summed E-state index contributed by atoms with van der Waals surface area (Å²) in [6.45, 7) is 1.72. The van der Waals surface area contributed by atoms with E-state index in [1.807, 2.05) is 0 Å². The number of hydrogen-bond donors (Lipinski definition) is 2. The lowest BCUT2D eigenvalue weighted by Crippen LogP contribution is -2.09. The van der Waals surface area contributed by atoms with Crippen LogP contribution in [0.1, 0.15) is 29.4 Å². The quantitative estimate of drug-likeness (QED) is 0.452. The number of carbonyl (C=O) groups is 2. The van der Waals surface area contributed by atoms with Crippen molar-refractivity contribution in [3.63, 3.8) is 0 Å². The van der Waals surface area contributed by atoms with Crippen molar-refractivity contribution in [1.82, 2.24) is 4.98 Å². The van der Waals surface area contributed by atoms with Gasteiger partial charge in [-0.15, -0.1) is 0 Å². The molecule has 0 saturated carbocycles. The molecule has 1 heterocycles. The molecule has 0 bridgehead atoms. The smallest absolute Gasteiger partial charge is 0.355 e. The summed E-state index contributed by atoms with van der Waals surface area (Å²) in [4.78, 5) is 36.1. The summed E-state index contributed by atoms with van der Waals surface area (Å²) < 4.78 is 4.92. The number of H-pyrrole nitrogens is 1. The Morgan fingerprint density at radius 2 is 2.08 bits per heavy atom. The van der Waals surface area contributed by atoms with Crippen molar-refractivity contribution in [2.45, 2.75) is 19.8 Å². The molecule has 0 spiro atoms. The third-order valence-electron chi connectivity index (χ3n) is 3.32. The normalized spacial score (nSPS) is 10.8. The van der Waals surface area contributed by atoms with Crippen LogP contribution in [0.15, 0.2) is 6.07 Å². The molecule has 10 heteroatoms. The third kappa shape index (κ3) is 3.29. The lowest BCUT2D eigenvalue weighted by atomic mass is 10.0. The highest BCUT2D eigenvalue weighted by Crippen LogP contribution is 2.40. The number of nitro groups is 1. The van der Waals surface area contributed by atoms with Gasteiger partial charge in [0.15, 0.2) is 0 Å². The molecule has 0 saturated heterocycles. The highest BCUT2D eigenvalue weighted by molar-refractivity contribution is 6.42. The lowest BCUT2D eigenvalue weighted by Gasteiger charge is -2.04. The Kier molecular flexibility index (Phi) is 5.30. The third-order valence-corrected chi connectivity index (χ3v) is 4.00. The van der Waals surface area contributed by atoms with Crippen molar-refractivity contribution in [1.29, 1.82) is 0 Å². The van der Waals surface area contributed by atoms with E-state index in [0.29, 0.717) is 0 Å². The van der Waals surface area contributed by atoms with Crippen molar-refractivity contribution < 1.29 is 24.4 Å². The van der Waals surface area contributed by atoms with Crippen LogP contribution in [0.3, 0.4) is 0 Å². The number of carboxylic acid groups (broad SMARTS) is 1. The summed E-state index contributed by atoms with van der Waals surface area (Å²) in [5, 5.41) is 19.9. The molecule has 2 aromatic rings. The van der Waals surface area contributed by atoms with Crippen LogP contribution in [0.5, 0.6) is 0 Å². The van der Waals surface area contributed by atoms with E-state index in [1.165, 1.54) is 0 Å². The van der Waals surface area contributed by atoms with Crippen molar-refractivity contribution in [2.75, 3.05) is 6.61 Å². The number of hydrogen-bond acceptors (Lipinski definition) is 5. The maximum atomic E-state index is 12.1. The Balaban J connectivity index is 2.77. The summed E-state index contributed by atoms with van der Waals surface area (Å²) in [7, 11) is 0. The Hall–Kier alpha value is -2.32. The molecule has 1 aromatic heterocycles. The number of rotatable bonds is 6. The molecular weight excluding hydrogens is 363 g/mol. The highest BCUT2D eigenvalue weighted by atomic mass is 35.5. The summed E-state index contributed by atoms with van der Waals surface area (Å²) in [6.07, 6.45) is -0.364. The largest absolute Gasteiger partial charge is 0.481 e. The van der Waals surface area contributed by atoms with Gasteiger partial charge in [0.1, 0.15) is 10.7 Å². The number of carboxylic acids is 1. The fraction of sp³-hybridized carbons (Fsp3) is 0.286. The molecule has 128 valence electrons. The number of fused-ring (bicyclic) bond motifs is 1. The lowest BCUT2D eigenvalue weighted by molar-refractivity contribution is -0.384. The maximum absolute atomic E-state index is 12.1. The van der Waals surface area contributed by atoms with Crippen LogP contribution in [-0.2, 0) is 16.0 Å². The molecule has 0 aliphatic rings. The monoisotopic (exact) mass is 374 g/mol. The van der Waals surface area contributed by atoms with Crippen molar-refractivity contribution in [2.24, 2.45) is 0 Å². The predicted octanol–water partition coefficient (Wildman–Crippen LogP) is 3.58. The highest BCUT2D eigenvalue weighted by Gasteiger charge is 2.27. The topological polar surface area (TPSA) is 123 Å². The van der Waals surface area contributed by atoms with Crippen LogP contribution >= 0.6 is 23.2 Å². The van der Waals surface area contributed by atoms with Gasteiger partial charge in [0, 0.05) is 17.9 Å². The van der Waals surface area contributed by atoms with E-state index in [-0.39, 0.29) is 51.7 Å². The zero-order valence-corrected chi connectivity index (χ0v) is 13.9. The molecule has 0 fully saturated rings. The van der Waals surface area contributed by atoms with Crippen LogP contribution in [0.25, 0.3) is 10.9 Å². The number of benzene rings is 1. The Bertz CT molecular complexity index is 846. The van der Waals surface area contributed by atoms with E-state index in [4.69, 9.17) is 33.0 Å². The number of esters is 1. The minimum atomic E-state index is -1.09. The van der Waals surface area contributed by atoms with Crippen LogP contribution < -0.4 is 0 Å². The molecule has 24 heavy (non-hydrogen) atoms. The van der Waals surface area contributed by atoms with Gasteiger partial charge in [0.05, 0.1) is 22.1 Å². The number of halogens is 2. The number of carbonyl (C=O) groups excluding carboxylic acids is 1. The first-order valence-electron chi connectivity index (χ1n) is 6.83. The van der Waals surface area contributed by atoms with Crippen molar-refractivity contribution >= 4 is 51.7 Å². The second kappa shape index (κ2) is 7.06. The van der Waals surface area contributed by atoms with Gasteiger partial charge in [-0.05, 0) is 18.9 Å². The van der Waals surface area contributed by atoms with E-state index in [9.17, 15) is 19.7 Å². The average Bonchev–Trinajstić information content (AvgIpc) is 2.89. The first-order valence-corrected chi connectivity index (χ1v) is 7.59.